The van der Waals surface area contributed by atoms with Gasteiger partial charge >= 0.3 is 0 Å². The molecule has 144 valence electrons. The molecule has 0 bridgehead atoms. The van der Waals surface area contributed by atoms with Crippen LogP contribution < -0.4 is 19.6 Å². The van der Waals surface area contributed by atoms with E-state index < -0.39 is 6.23 Å². The molecule has 0 amide bonds. The van der Waals surface area contributed by atoms with E-state index in [-0.39, 0.29) is 18.7 Å². The van der Waals surface area contributed by atoms with Gasteiger partial charge in [-0.05, 0) is 42.5 Å². The molecule has 0 radical (unpaired) electrons. The van der Waals surface area contributed by atoms with E-state index >= 15 is 0 Å². The summed E-state index contributed by atoms with van der Waals surface area (Å²) in [5.41, 5.74) is 7.39. The van der Waals surface area contributed by atoms with Crippen molar-refractivity contribution in [2.24, 2.45) is 0 Å². The largest absolute Gasteiger partial charge is 0.469 e. The van der Waals surface area contributed by atoms with E-state index in [1.54, 1.807) is 12.1 Å². The van der Waals surface area contributed by atoms with Crippen molar-refractivity contribution in [3.05, 3.63) is 95.3 Å². The van der Waals surface area contributed by atoms with Gasteiger partial charge in [0.15, 0.2) is 17.7 Å². The molecule has 1 N–H and O–H groups in total. The lowest BCUT2D eigenvalue weighted by Gasteiger charge is -2.38. The molecule has 29 heavy (non-hydrogen) atoms. The van der Waals surface area contributed by atoms with Crippen molar-refractivity contribution in [1.29, 1.82) is 0 Å². The molecule has 0 spiro atoms. The minimum atomic E-state index is -0.390. The molecule has 3 aromatic rings. The zero-order valence-corrected chi connectivity index (χ0v) is 15.3. The first-order valence-electron chi connectivity index (χ1n) is 9.44. The molecule has 5 nitrogen and oxygen atoms in total. The van der Waals surface area contributed by atoms with Crippen LogP contribution in [0.5, 0.6) is 17.2 Å². The predicted octanol–water partition coefficient (Wildman–Crippen LogP) is 4.55. The standard InChI is InChI=1S/C23H17FN2O3/c24-16-8-5-14(6-9-16)23-26-19(17-3-1-2-4-20(17)29-23)12-18(25-26)15-7-10-21-22(11-15)28-13-27-21/h1-12,19,23,25H,13H2/t19-,23+/m0/s1. The van der Waals surface area contributed by atoms with Crippen LogP contribution in [0.25, 0.3) is 5.70 Å². The Morgan fingerprint density at radius 3 is 2.62 bits per heavy atom. The van der Waals surface area contributed by atoms with Gasteiger partial charge in [0.2, 0.25) is 6.79 Å². The van der Waals surface area contributed by atoms with E-state index in [0.717, 1.165) is 39.6 Å². The summed E-state index contributed by atoms with van der Waals surface area (Å²) in [7, 11) is 0. The van der Waals surface area contributed by atoms with Gasteiger partial charge in [-0.1, -0.05) is 30.3 Å². The molecule has 3 aliphatic heterocycles. The third kappa shape index (κ3) is 2.64. The van der Waals surface area contributed by atoms with Gasteiger partial charge in [0, 0.05) is 16.7 Å². The minimum absolute atomic E-state index is 0.0181. The molecule has 6 rings (SSSR count). The quantitative estimate of drug-likeness (QED) is 0.698. The van der Waals surface area contributed by atoms with Crippen LogP contribution in [0, 0.1) is 5.82 Å². The summed E-state index contributed by atoms with van der Waals surface area (Å²) < 4.78 is 30.7. The van der Waals surface area contributed by atoms with Crippen molar-refractivity contribution in [2.75, 3.05) is 6.79 Å². The number of nitrogens with zero attached hydrogens (tertiary/aromatic N) is 1. The maximum atomic E-state index is 13.5. The summed E-state index contributed by atoms with van der Waals surface area (Å²) in [5, 5.41) is 2.05. The Morgan fingerprint density at radius 1 is 0.897 bits per heavy atom. The Balaban J connectivity index is 1.41. The summed E-state index contributed by atoms with van der Waals surface area (Å²) in [5.74, 6) is 2.05. The Kier molecular flexibility index (Phi) is 3.55. The SMILES string of the molecule is Fc1ccc([C@H]2Oc3ccccc3[C@@H]3C=C(c4ccc5c(c4)OCO5)NN23)cc1. The lowest BCUT2D eigenvalue weighted by molar-refractivity contribution is -0.0326. The van der Waals surface area contributed by atoms with Gasteiger partial charge in [0.25, 0.3) is 0 Å². The van der Waals surface area contributed by atoms with Crippen LogP contribution in [0.4, 0.5) is 4.39 Å². The third-order valence-corrected chi connectivity index (χ3v) is 5.44. The van der Waals surface area contributed by atoms with E-state index in [2.05, 4.69) is 22.6 Å². The average molecular weight is 388 g/mol. The molecule has 0 unspecified atom stereocenters. The van der Waals surface area contributed by atoms with Gasteiger partial charge in [-0.15, -0.1) is 0 Å². The summed E-state index contributed by atoms with van der Waals surface area (Å²) in [6.45, 7) is 0.244. The van der Waals surface area contributed by atoms with Gasteiger partial charge in [-0.25, -0.2) is 4.39 Å². The van der Waals surface area contributed by atoms with Crippen LogP contribution in [0.1, 0.15) is 29.0 Å². The molecule has 2 atom stereocenters. The second-order valence-electron chi connectivity index (χ2n) is 7.17. The maximum absolute atomic E-state index is 13.5. The lowest BCUT2D eigenvalue weighted by atomic mass is 10.0. The molecule has 3 aliphatic rings. The maximum Gasteiger partial charge on any atom is 0.231 e. The molecular formula is C23H17FN2O3. The van der Waals surface area contributed by atoms with Crippen LogP contribution in [0.2, 0.25) is 0 Å². The van der Waals surface area contributed by atoms with Crippen molar-refractivity contribution in [3.63, 3.8) is 0 Å². The molecule has 0 aliphatic carbocycles. The highest BCUT2D eigenvalue weighted by atomic mass is 19.1. The molecule has 0 saturated heterocycles. The predicted molar refractivity (Wildman–Crippen MR) is 104 cm³/mol. The van der Waals surface area contributed by atoms with Crippen molar-refractivity contribution >= 4 is 5.70 Å². The van der Waals surface area contributed by atoms with Crippen molar-refractivity contribution in [2.45, 2.75) is 12.3 Å². The van der Waals surface area contributed by atoms with Crippen molar-refractivity contribution < 1.29 is 18.6 Å². The second kappa shape index (κ2) is 6.25. The van der Waals surface area contributed by atoms with Crippen molar-refractivity contribution in [1.82, 2.24) is 10.4 Å². The zero-order valence-electron chi connectivity index (χ0n) is 15.3. The van der Waals surface area contributed by atoms with Gasteiger partial charge in [-0.3, -0.25) is 0 Å². The number of ether oxygens (including phenoxy) is 3. The number of halogens is 1. The van der Waals surface area contributed by atoms with Crippen LogP contribution in [-0.2, 0) is 0 Å². The van der Waals surface area contributed by atoms with E-state index in [4.69, 9.17) is 14.2 Å². The molecule has 3 aromatic carbocycles. The first kappa shape index (κ1) is 16.4. The van der Waals surface area contributed by atoms with Crippen molar-refractivity contribution in [3.8, 4) is 17.2 Å². The highest BCUT2D eigenvalue weighted by Crippen LogP contribution is 2.46. The summed E-state index contributed by atoms with van der Waals surface area (Å²) in [6, 6.07) is 20.3. The van der Waals surface area contributed by atoms with Gasteiger partial charge in [0.05, 0.1) is 11.7 Å². The fourth-order valence-corrected chi connectivity index (χ4v) is 4.02. The number of para-hydroxylation sites is 1. The van der Waals surface area contributed by atoms with E-state index in [1.807, 2.05) is 36.4 Å². The Morgan fingerprint density at radius 2 is 1.72 bits per heavy atom. The number of hydrogen-bond acceptors (Lipinski definition) is 5. The fourth-order valence-electron chi connectivity index (χ4n) is 4.02. The molecule has 3 heterocycles. The highest BCUT2D eigenvalue weighted by Gasteiger charge is 2.40. The monoisotopic (exact) mass is 388 g/mol. The van der Waals surface area contributed by atoms with E-state index in [1.165, 1.54) is 12.1 Å². The number of rotatable bonds is 2. The molecular weight excluding hydrogens is 371 g/mol. The first-order chi connectivity index (χ1) is 14.3. The number of hydrogen-bond donors (Lipinski definition) is 1. The summed E-state index contributed by atoms with van der Waals surface area (Å²) in [6.07, 6.45) is 1.79. The summed E-state index contributed by atoms with van der Waals surface area (Å²) >= 11 is 0. The number of fused-ring (bicyclic) bond motifs is 4. The Bertz CT molecular complexity index is 1130. The molecule has 0 aromatic heterocycles. The van der Waals surface area contributed by atoms with Gasteiger partial charge in [-0.2, -0.15) is 5.01 Å². The zero-order chi connectivity index (χ0) is 19.4. The van der Waals surface area contributed by atoms with Crippen LogP contribution >= 0.6 is 0 Å². The fraction of sp³-hybridized carbons (Fsp3) is 0.130. The topological polar surface area (TPSA) is 43.0 Å². The molecule has 6 heteroatoms. The van der Waals surface area contributed by atoms with Crippen LogP contribution in [0.15, 0.2) is 72.8 Å². The van der Waals surface area contributed by atoms with Crippen LogP contribution in [0.3, 0.4) is 0 Å². The smallest absolute Gasteiger partial charge is 0.231 e. The second-order valence-corrected chi connectivity index (χ2v) is 7.17. The minimum Gasteiger partial charge on any atom is -0.469 e. The lowest BCUT2D eigenvalue weighted by Crippen LogP contribution is -2.43. The summed E-state index contributed by atoms with van der Waals surface area (Å²) in [4.78, 5) is 0. The van der Waals surface area contributed by atoms with Gasteiger partial charge in [0.1, 0.15) is 11.6 Å². The van der Waals surface area contributed by atoms with Crippen LogP contribution in [-0.4, -0.2) is 11.8 Å². The first-order valence-corrected chi connectivity index (χ1v) is 9.44. The Labute approximate surface area is 166 Å². The normalized spacial score (nSPS) is 21.6. The average Bonchev–Trinajstić information content (AvgIpc) is 3.40. The number of benzene rings is 3. The Hall–Kier alpha value is -3.51. The van der Waals surface area contributed by atoms with E-state index in [0.29, 0.717) is 0 Å². The molecule has 0 fully saturated rings. The highest BCUT2D eigenvalue weighted by molar-refractivity contribution is 5.70. The number of nitrogens with one attached hydrogen (secondary N) is 1. The van der Waals surface area contributed by atoms with Gasteiger partial charge < -0.3 is 19.6 Å². The molecule has 0 saturated carbocycles. The third-order valence-electron chi connectivity index (χ3n) is 5.44. The van der Waals surface area contributed by atoms with E-state index in [9.17, 15) is 4.39 Å². The number of hydrazine groups is 1.